The quantitative estimate of drug-likeness (QED) is 0.889. The van der Waals surface area contributed by atoms with Crippen molar-refractivity contribution in [3.8, 4) is 0 Å². The van der Waals surface area contributed by atoms with Gasteiger partial charge < -0.3 is 5.11 Å². The molecule has 19 heavy (non-hydrogen) atoms. The van der Waals surface area contributed by atoms with E-state index < -0.39 is 26.3 Å². The van der Waals surface area contributed by atoms with Crippen LogP contribution in [0.1, 0.15) is 38.2 Å². The van der Waals surface area contributed by atoms with Crippen LogP contribution in [0, 0.1) is 5.82 Å². The van der Waals surface area contributed by atoms with Gasteiger partial charge in [-0.25, -0.2) is 17.5 Å². The Balaban J connectivity index is 2.33. The molecular weight excluding hydrogens is 269 g/mol. The van der Waals surface area contributed by atoms with Gasteiger partial charge in [-0.2, -0.15) is 0 Å². The maximum absolute atomic E-state index is 13.7. The summed E-state index contributed by atoms with van der Waals surface area (Å²) in [6.07, 6.45) is 3.46. The highest BCUT2D eigenvalue weighted by molar-refractivity contribution is 7.89. The minimum atomic E-state index is -3.90. The molecule has 0 bridgehead atoms. The first-order chi connectivity index (χ1) is 8.86. The Morgan fingerprint density at radius 1 is 1.37 bits per heavy atom. The van der Waals surface area contributed by atoms with Crippen LogP contribution in [0.2, 0.25) is 0 Å². The standard InChI is InChI=1S/C13H18FNO3S/c1-13(6-2-3-7-13)15-19(17,18)12-8-10(9-16)4-5-11(12)14/h4-5,8,15-16H,2-3,6-7,9H2,1H3. The van der Waals surface area contributed by atoms with E-state index in [-0.39, 0.29) is 6.61 Å². The molecule has 0 aliphatic heterocycles. The van der Waals surface area contributed by atoms with Gasteiger partial charge in [-0.15, -0.1) is 0 Å². The van der Waals surface area contributed by atoms with Crippen LogP contribution in [-0.2, 0) is 16.6 Å². The van der Waals surface area contributed by atoms with Crippen LogP contribution in [0.3, 0.4) is 0 Å². The molecule has 1 aliphatic carbocycles. The van der Waals surface area contributed by atoms with Crippen molar-refractivity contribution in [2.75, 3.05) is 0 Å². The summed E-state index contributed by atoms with van der Waals surface area (Å²) in [5.74, 6) is -0.800. The van der Waals surface area contributed by atoms with Gasteiger partial charge in [0.25, 0.3) is 0 Å². The second-order valence-corrected chi connectivity index (χ2v) is 6.95. The SMILES string of the molecule is CC1(NS(=O)(=O)c2cc(CO)ccc2F)CCCC1. The fraction of sp³-hybridized carbons (Fsp3) is 0.538. The normalized spacial score (nSPS) is 18.7. The number of aliphatic hydroxyl groups is 1. The third-order valence-corrected chi connectivity index (χ3v) is 5.21. The summed E-state index contributed by atoms with van der Waals surface area (Å²) in [6.45, 7) is 1.52. The first kappa shape index (κ1) is 14.4. The number of rotatable bonds is 4. The Morgan fingerprint density at radius 3 is 2.58 bits per heavy atom. The number of sulfonamides is 1. The van der Waals surface area contributed by atoms with Gasteiger partial charge >= 0.3 is 0 Å². The maximum Gasteiger partial charge on any atom is 0.243 e. The van der Waals surface area contributed by atoms with E-state index in [9.17, 15) is 12.8 Å². The van der Waals surface area contributed by atoms with Crippen molar-refractivity contribution in [1.29, 1.82) is 0 Å². The molecule has 1 aromatic rings. The third-order valence-electron chi connectivity index (χ3n) is 3.56. The third kappa shape index (κ3) is 3.13. The predicted molar refractivity (Wildman–Crippen MR) is 69.5 cm³/mol. The molecule has 2 rings (SSSR count). The molecule has 2 N–H and O–H groups in total. The average molecular weight is 287 g/mol. The molecule has 106 valence electrons. The summed E-state index contributed by atoms with van der Waals surface area (Å²) in [5, 5.41) is 9.02. The summed E-state index contributed by atoms with van der Waals surface area (Å²) in [4.78, 5) is -0.396. The molecule has 1 aromatic carbocycles. The lowest BCUT2D eigenvalue weighted by Crippen LogP contribution is -2.43. The van der Waals surface area contributed by atoms with E-state index in [1.807, 2.05) is 6.92 Å². The molecule has 1 fully saturated rings. The zero-order valence-electron chi connectivity index (χ0n) is 10.8. The summed E-state index contributed by atoms with van der Waals surface area (Å²) in [6, 6.07) is 3.61. The molecule has 1 aliphatic rings. The van der Waals surface area contributed by atoms with Crippen LogP contribution in [-0.4, -0.2) is 19.1 Å². The monoisotopic (exact) mass is 287 g/mol. The van der Waals surface area contributed by atoms with Gasteiger partial charge in [0.2, 0.25) is 10.0 Å². The van der Waals surface area contributed by atoms with Crippen molar-refractivity contribution in [2.45, 2.75) is 49.6 Å². The minimum Gasteiger partial charge on any atom is -0.392 e. The summed E-state index contributed by atoms with van der Waals surface area (Å²) in [7, 11) is -3.90. The molecule has 0 aromatic heterocycles. The highest BCUT2D eigenvalue weighted by Crippen LogP contribution is 2.31. The maximum atomic E-state index is 13.7. The second-order valence-electron chi connectivity index (χ2n) is 5.30. The molecule has 0 spiro atoms. The minimum absolute atomic E-state index is 0.319. The van der Waals surface area contributed by atoms with E-state index in [2.05, 4.69) is 4.72 Å². The zero-order valence-corrected chi connectivity index (χ0v) is 11.6. The van der Waals surface area contributed by atoms with Gasteiger partial charge in [0.15, 0.2) is 0 Å². The van der Waals surface area contributed by atoms with E-state index >= 15 is 0 Å². The van der Waals surface area contributed by atoms with Crippen LogP contribution in [0.15, 0.2) is 23.1 Å². The van der Waals surface area contributed by atoms with Gasteiger partial charge in [0.05, 0.1) is 6.61 Å². The number of aliphatic hydroxyl groups excluding tert-OH is 1. The molecule has 0 saturated heterocycles. The van der Waals surface area contributed by atoms with Crippen LogP contribution in [0.5, 0.6) is 0 Å². The topological polar surface area (TPSA) is 66.4 Å². The molecule has 6 heteroatoms. The fourth-order valence-electron chi connectivity index (χ4n) is 2.49. The molecule has 0 unspecified atom stereocenters. The Labute approximate surface area is 112 Å². The van der Waals surface area contributed by atoms with Gasteiger partial charge in [-0.3, -0.25) is 0 Å². The highest BCUT2D eigenvalue weighted by Gasteiger charge is 2.34. The number of halogens is 1. The van der Waals surface area contributed by atoms with E-state index in [0.29, 0.717) is 5.56 Å². The summed E-state index contributed by atoms with van der Waals surface area (Å²) in [5.41, 5.74) is -0.126. The van der Waals surface area contributed by atoms with Crippen molar-refractivity contribution < 1.29 is 17.9 Å². The fourth-order valence-corrected chi connectivity index (χ4v) is 4.08. The Kier molecular flexibility index (Phi) is 3.94. The van der Waals surface area contributed by atoms with Crippen molar-refractivity contribution in [3.05, 3.63) is 29.6 Å². The molecule has 4 nitrogen and oxygen atoms in total. The lowest BCUT2D eigenvalue weighted by atomic mass is 10.0. The number of benzene rings is 1. The van der Waals surface area contributed by atoms with E-state index in [1.54, 1.807) is 0 Å². The smallest absolute Gasteiger partial charge is 0.243 e. The van der Waals surface area contributed by atoms with Crippen LogP contribution in [0.4, 0.5) is 4.39 Å². The summed E-state index contributed by atoms with van der Waals surface area (Å²) >= 11 is 0. The largest absolute Gasteiger partial charge is 0.392 e. The number of hydrogen-bond acceptors (Lipinski definition) is 3. The average Bonchev–Trinajstić information content (AvgIpc) is 2.75. The first-order valence-electron chi connectivity index (χ1n) is 6.30. The van der Waals surface area contributed by atoms with Crippen molar-refractivity contribution in [2.24, 2.45) is 0 Å². The Hall–Kier alpha value is -0.980. The highest BCUT2D eigenvalue weighted by atomic mass is 32.2. The molecule has 0 heterocycles. The van der Waals surface area contributed by atoms with Gasteiger partial charge in [-0.05, 0) is 37.5 Å². The number of nitrogens with one attached hydrogen (secondary N) is 1. The van der Waals surface area contributed by atoms with Crippen LogP contribution < -0.4 is 4.72 Å². The lowest BCUT2D eigenvalue weighted by Gasteiger charge is -2.25. The Bertz CT molecular complexity index is 565. The van der Waals surface area contributed by atoms with Gasteiger partial charge in [0, 0.05) is 5.54 Å². The number of hydrogen-bond donors (Lipinski definition) is 2. The van der Waals surface area contributed by atoms with E-state index in [4.69, 9.17) is 5.11 Å². The van der Waals surface area contributed by atoms with Gasteiger partial charge in [0.1, 0.15) is 10.7 Å². The van der Waals surface area contributed by atoms with Crippen molar-refractivity contribution in [1.82, 2.24) is 4.72 Å². The van der Waals surface area contributed by atoms with Crippen molar-refractivity contribution in [3.63, 3.8) is 0 Å². The van der Waals surface area contributed by atoms with Crippen LogP contribution in [0.25, 0.3) is 0 Å². The summed E-state index contributed by atoms with van der Waals surface area (Å²) < 4.78 is 40.8. The van der Waals surface area contributed by atoms with E-state index in [1.165, 1.54) is 12.1 Å². The molecule has 1 saturated carbocycles. The molecule has 0 amide bonds. The molecule has 0 atom stereocenters. The van der Waals surface area contributed by atoms with Crippen molar-refractivity contribution >= 4 is 10.0 Å². The van der Waals surface area contributed by atoms with Crippen LogP contribution >= 0.6 is 0 Å². The predicted octanol–water partition coefficient (Wildman–Crippen LogP) is 1.93. The zero-order chi connectivity index (χ0) is 14.1. The lowest BCUT2D eigenvalue weighted by molar-refractivity contribution is 0.281. The Morgan fingerprint density at radius 2 is 2.00 bits per heavy atom. The molecular formula is C13H18FNO3S. The van der Waals surface area contributed by atoms with E-state index in [0.717, 1.165) is 31.7 Å². The molecule has 0 radical (unpaired) electrons. The second kappa shape index (κ2) is 5.19. The first-order valence-corrected chi connectivity index (χ1v) is 7.78. The van der Waals surface area contributed by atoms with Gasteiger partial charge in [-0.1, -0.05) is 18.9 Å².